The van der Waals surface area contributed by atoms with Crippen LogP contribution in [0.1, 0.15) is 42.6 Å². The molecule has 1 heterocycles. The number of benzene rings is 1. The van der Waals surface area contributed by atoms with E-state index in [9.17, 15) is 14.7 Å². The molecule has 0 saturated carbocycles. The summed E-state index contributed by atoms with van der Waals surface area (Å²) in [5.74, 6) is -0.983. The van der Waals surface area contributed by atoms with Gasteiger partial charge in [-0.25, -0.2) is 4.79 Å². The van der Waals surface area contributed by atoms with Crippen LogP contribution in [0.4, 0.5) is 5.69 Å². The topological polar surface area (TPSA) is 66.8 Å². The smallest absolute Gasteiger partial charge is 0.336 e. The summed E-state index contributed by atoms with van der Waals surface area (Å²) in [6.07, 6.45) is 1.73. The molecule has 0 aliphatic carbocycles. The van der Waals surface area contributed by atoms with Crippen LogP contribution >= 0.6 is 0 Å². The van der Waals surface area contributed by atoms with Gasteiger partial charge < -0.3 is 14.7 Å². The molecule has 0 radical (unpaired) electrons. The summed E-state index contributed by atoms with van der Waals surface area (Å²) in [7, 11) is 1.58. The molecule has 21 heavy (non-hydrogen) atoms. The maximum atomic E-state index is 12.5. The van der Waals surface area contributed by atoms with Crippen molar-refractivity contribution in [3.8, 4) is 0 Å². The van der Waals surface area contributed by atoms with Crippen LogP contribution in [0.2, 0.25) is 0 Å². The SMILES string of the molecule is COC(C)(C)CC(=O)N1CCCc2c(C(=O)O)cccc21. The first-order chi connectivity index (χ1) is 9.85. The maximum Gasteiger partial charge on any atom is 0.336 e. The molecule has 0 fully saturated rings. The van der Waals surface area contributed by atoms with Crippen molar-refractivity contribution in [3.05, 3.63) is 29.3 Å². The molecule has 2 rings (SSSR count). The first-order valence-electron chi connectivity index (χ1n) is 7.06. The first kappa shape index (κ1) is 15.5. The third-order valence-corrected chi connectivity index (χ3v) is 3.91. The van der Waals surface area contributed by atoms with Crippen molar-refractivity contribution in [2.75, 3.05) is 18.6 Å². The minimum atomic E-state index is -0.946. The molecule has 0 aromatic heterocycles. The highest BCUT2D eigenvalue weighted by atomic mass is 16.5. The summed E-state index contributed by atoms with van der Waals surface area (Å²) < 4.78 is 5.31. The van der Waals surface area contributed by atoms with E-state index in [1.54, 1.807) is 24.1 Å². The number of carboxylic acid groups (broad SMARTS) is 1. The number of hydrogen-bond acceptors (Lipinski definition) is 3. The fourth-order valence-corrected chi connectivity index (χ4v) is 2.62. The standard InChI is InChI=1S/C16H21NO4/c1-16(2,21-3)10-14(18)17-9-5-7-11-12(15(19)20)6-4-8-13(11)17/h4,6,8H,5,7,9-10H2,1-3H3,(H,19,20). The van der Waals surface area contributed by atoms with E-state index in [1.807, 2.05) is 19.9 Å². The summed E-state index contributed by atoms with van der Waals surface area (Å²) in [5.41, 5.74) is 1.23. The molecule has 5 heteroatoms. The molecule has 1 aromatic rings. The van der Waals surface area contributed by atoms with Crippen LogP contribution in [0.15, 0.2) is 18.2 Å². The number of aromatic carboxylic acids is 1. The second-order valence-corrected chi connectivity index (χ2v) is 5.90. The average Bonchev–Trinajstić information content (AvgIpc) is 2.45. The summed E-state index contributed by atoms with van der Waals surface area (Å²) in [5, 5.41) is 9.27. The first-order valence-corrected chi connectivity index (χ1v) is 7.06. The number of rotatable bonds is 4. The zero-order chi connectivity index (χ0) is 15.6. The van der Waals surface area contributed by atoms with Gasteiger partial charge in [0.1, 0.15) is 0 Å². The van der Waals surface area contributed by atoms with Gasteiger partial charge in [0.2, 0.25) is 5.91 Å². The molecule has 0 spiro atoms. The third kappa shape index (κ3) is 3.24. The number of carboxylic acids is 1. The van der Waals surface area contributed by atoms with Gasteiger partial charge in [-0.05, 0) is 44.4 Å². The Kier molecular flexibility index (Phi) is 4.32. The van der Waals surface area contributed by atoms with Gasteiger partial charge in [0.05, 0.1) is 17.6 Å². The average molecular weight is 291 g/mol. The highest BCUT2D eigenvalue weighted by Crippen LogP contribution is 2.31. The molecule has 0 unspecified atom stereocenters. The minimum absolute atomic E-state index is 0.0367. The van der Waals surface area contributed by atoms with E-state index in [0.29, 0.717) is 13.0 Å². The highest BCUT2D eigenvalue weighted by molar-refractivity contribution is 5.98. The number of carbonyl (C=O) groups is 2. The van der Waals surface area contributed by atoms with E-state index in [0.717, 1.165) is 17.7 Å². The fraction of sp³-hybridized carbons (Fsp3) is 0.500. The van der Waals surface area contributed by atoms with Gasteiger partial charge in [-0.2, -0.15) is 0 Å². The molecule has 1 aliphatic heterocycles. The second-order valence-electron chi connectivity index (χ2n) is 5.90. The van der Waals surface area contributed by atoms with E-state index < -0.39 is 11.6 Å². The Labute approximate surface area is 124 Å². The Morgan fingerprint density at radius 2 is 2.10 bits per heavy atom. The van der Waals surface area contributed by atoms with Crippen molar-refractivity contribution in [1.29, 1.82) is 0 Å². The molecule has 1 amide bonds. The normalized spacial score (nSPS) is 14.7. The molecular formula is C16H21NO4. The van der Waals surface area contributed by atoms with Gasteiger partial charge in [-0.15, -0.1) is 0 Å². The van der Waals surface area contributed by atoms with Crippen LogP contribution in [0.25, 0.3) is 0 Å². The van der Waals surface area contributed by atoms with Gasteiger partial charge in [0.25, 0.3) is 0 Å². The number of hydrogen-bond donors (Lipinski definition) is 1. The number of amides is 1. The predicted molar refractivity (Wildman–Crippen MR) is 79.8 cm³/mol. The number of ether oxygens (including phenoxy) is 1. The number of methoxy groups -OCH3 is 1. The Balaban J connectivity index is 2.33. The van der Waals surface area contributed by atoms with Gasteiger partial charge in [0.15, 0.2) is 0 Å². The lowest BCUT2D eigenvalue weighted by atomic mass is 9.95. The van der Waals surface area contributed by atoms with Gasteiger partial charge >= 0.3 is 5.97 Å². The number of carbonyl (C=O) groups excluding carboxylic acids is 1. The maximum absolute atomic E-state index is 12.5. The number of fused-ring (bicyclic) bond motifs is 1. The van der Waals surface area contributed by atoms with E-state index in [2.05, 4.69) is 0 Å². The molecule has 5 nitrogen and oxygen atoms in total. The van der Waals surface area contributed by atoms with E-state index in [-0.39, 0.29) is 17.9 Å². The largest absolute Gasteiger partial charge is 0.478 e. The van der Waals surface area contributed by atoms with Gasteiger partial charge in [0, 0.05) is 19.3 Å². The minimum Gasteiger partial charge on any atom is -0.478 e. The number of anilines is 1. The lowest BCUT2D eigenvalue weighted by Crippen LogP contribution is -2.40. The number of nitrogens with zero attached hydrogens (tertiary/aromatic N) is 1. The second kappa shape index (κ2) is 5.85. The van der Waals surface area contributed by atoms with Crippen molar-refractivity contribution in [2.45, 2.75) is 38.7 Å². The van der Waals surface area contributed by atoms with Crippen LogP contribution in [0.5, 0.6) is 0 Å². The quantitative estimate of drug-likeness (QED) is 0.925. The van der Waals surface area contributed by atoms with E-state index in [4.69, 9.17) is 4.74 Å². The predicted octanol–water partition coefficient (Wildman–Crippen LogP) is 2.48. The third-order valence-electron chi connectivity index (χ3n) is 3.91. The Morgan fingerprint density at radius 1 is 1.38 bits per heavy atom. The van der Waals surface area contributed by atoms with Crippen LogP contribution in [0, 0.1) is 0 Å². The van der Waals surface area contributed by atoms with E-state index in [1.165, 1.54) is 0 Å². The van der Waals surface area contributed by atoms with Crippen molar-refractivity contribution in [1.82, 2.24) is 0 Å². The summed E-state index contributed by atoms with van der Waals surface area (Å²) in [6.45, 7) is 4.35. The Hall–Kier alpha value is -1.88. The molecule has 1 aromatic carbocycles. The Morgan fingerprint density at radius 3 is 2.71 bits per heavy atom. The van der Waals surface area contributed by atoms with Crippen molar-refractivity contribution >= 4 is 17.6 Å². The van der Waals surface area contributed by atoms with Crippen LogP contribution in [-0.4, -0.2) is 36.2 Å². The molecule has 0 atom stereocenters. The van der Waals surface area contributed by atoms with E-state index >= 15 is 0 Å². The van der Waals surface area contributed by atoms with Gasteiger partial charge in [-0.3, -0.25) is 4.79 Å². The molecule has 0 bridgehead atoms. The zero-order valence-corrected chi connectivity index (χ0v) is 12.7. The van der Waals surface area contributed by atoms with Gasteiger partial charge in [-0.1, -0.05) is 6.07 Å². The lowest BCUT2D eigenvalue weighted by molar-refractivity contribution is -0.123. The van der Waals surface area contributed by atoms with Crippen LogP contribution in [0.3, 0.4) is 0 Å². The van der Waals surface area contributed by atoms with Crippen LogP contribution < -0.4 is 4.90 Å². The van der Waals surface area contributed by atoms with Crippen molar-refractivity contribution in [3.63, 3.8) is 0 Å². The molecule has 0 saturated heterocycles. The van der Waals surface area contributed by atoms with Crippen molar-refractivity contribution in [2.24, 2.45) is 0 Å². The molecular weight excluding hydrogens is 270 g/mol. The highest BCUT2D eigenvalue weighted by Gasteiger charge is 2.29. The zero-order valence-electron chi connectivity index (χ0n) is 12.7. The van der Waals surface area contributed by atoms with Crippen LogP contribution in [-0.2, 0) is 16.0 Å². The summed E-state index contributed by atoms with van der Waals surface area (Å²) in [6, 6.07) is 5.10. The lowest BCUT2D eigenvalue weighted by Gasteiger charge is -2.33. The Bertz CT molecular complexity index is 565. The molecule has 1 aliphatic rings. The van der Waals surface area contributed by atoms with Crippen molar-refractivity contribution < 1.29 is 19.4 Å². The molecule has 114 valence electrons. The summed E-state index contributed by atoms with van der Waals surface area (Å²) >= 11 is 0. The molecule has 1 N–H and O–H groups in total. The fourth-order valence-electron chi connectivity index (χ4n) is 2.62. The monoisotopic (exact) mass is 291 g/mol. The summed E-state index contributed by atoms with van der Waals surface area (Å²) in [4.78, 5) is 25.5.